The Hall–Kier alpha value is -2.67. The number of hydrogen-bond acceptors (Lipinski definition) is 17. The van der Waals surface area contributed by atoms with Gasteiger partial charge in [0, 0.05) is 43.7 Å². The number of ether oxygens (including phenoxy) is 4. The number of amides is 1. The van der Waals surface area contributed by atoms with E-state index in [-0.39, 0.29) is 90.3 Å². The summed E-state index contributed by atoms with van der Waals surface area (Å²) in [5, 5.41) is 48.7. The van der Waals surface area contributed by atoms with E-state index in [1.807, 2.05) is 38.7 Å². The van der Waals surface area contributed by atoms with E-state index in [0.29, 0.717) is 32.0 Å². The molecule has 20 atom stereocenters. The average Bonchev–Trinajstić information content (AvgIpc) is 4.01. The summed E-state index contributed by atoms with van der Waals surface area (Å²) in [5.74, 6) is 1.12. The maximum atomic E-state index is 17.2. The molecule has 17 nitrogen and oxygen atoms in total. The standard InChI is InChI=1S/C53H82F3N9O8S/c1-25(2)44(62-52(68)70-5)50(67)64-15-7-8-38(64)48-58-24-36(60-48)30-20-33(54)43-39-21-31-19-29(11-12-37(31)65(39)51(73-40(43)22-30)42-14-13-41(74-42)46(55)56)35-23-57-47(59-35)34(18-28-9-10-28)61-49(66)45(63-53(69)71-6)32-16-26(3)72-27(4)17-32/h11,14,20,25-28,30-32,34-41,43-46,49,51-53,61-63,66,68-69H,7-10,12-13,15-19,21-24H2,1-6H3,(H,57,59)(H,58,60)/t26-,27+,30-,31+,32?,34+,35?,36?,37+,38+,39+,40?,41-,43-,44+,45?,49-,51?,52+,53-/m1/s1. The summed E-state index contributed by atoms with van der Waals surface area (Å²) in [4.78, 5) is 28.9. The van der Waals surface area contributed by atoms with E-state index in [9.17, 15) is 28.9 Å². The fraction of sp³-hybridized carbons (Fsp3) is 0.830. The number of rotatable bonds is 20. The van der Waals surface area contributed by atoms with E-state index in [1.165, 1.54) is 31.6 Å². The number of likely N-dealkylation sites (tertiary alicyclic amines) is 1. The van der Waals surface area contributed by atoms with Crippen molar-refractivity contribution in [3.8, 4) is 0 Å². The minimum atomic E-state index is -2.47. The Balaban J connectivity index is 0.817. The number of aliphatic hydroxyl groups is 3. The number of allylic oxidation sites excluding steroid dienone is 1. The van der Waals surface area contributed by atoms with Crippen molar-refractivity contribution in [2.75, 3.05) is 33.9 Å². The molecule has 10 rings (SSSR count). The van der Waals surface area contributed by atoms with Crippen LogP contribution in [-0.4, -0.2) is 180 Å². The van der Waals surface area contributed by atoms with Crippen LogP contribution in [0, 0.1) is 35.5 Å². The van der Waals surface area contributed by atoms with Crippen LogP contribution >= 0.6 is 11.8 Å². The van der Waals surface area contributed by atoms with Crippen molar-refractivity contribution in [1.29, 1.82) is 0 Å². The first-order valence-electron chi connectivity index (χ1n) is 27.7. The number of aliphatic imine (C=N–C) groups is 2. The number of hydrogen-bond donors (Lipinski definition) is 8. The molecule has 10 aliphatic rings. The summed E-state index contributed by atoms with van der Waals surface area (Å²) in [6.07, 6.45) is 8.17. The van der Waals surface area contributed by atoms with E-state index < -0.39 is 61.1 Å². The highest BCUT2D eigenvalue weighted by molar-refractivity contribution is 8.04. The quantitative estimate of drug-likeness (QED) is 0.0640. The smallest absolute Gasteiger partial charge is 0.250 e. The van der Waals surface area contributed by atoms with Gasteiger partial charge >= 0.3 is 0 Å². The highest BCUT2D eigenvalue weighted by atomic mass is 32.2. The first kappa shape index (κ1) is 54.7. The SMILES string of the molecule is CO[C@H](O)N[C@H](C(=O)N1CCC[C@H]1C1=NCC([C@@H]2C=C(F)[C@H]3C(C2)OC(C2=CC[C@H](C(F)F)S2)N2[C@H]4CC=C(C5CN=C([C@H](CC6CC6)N[C@H](O)C(N[C@H](O)OC)C6C[C@@H](C)O[C@@H](C)C6)N5)C[C@H]4C[C@@H]32)N1)C(C)C. The van der Waals surface area contributed by atoms with Crippen LogP contribution in [0.4, 0.5) is 13.2 Å². The van der Waals surface area contributed by atoms with E-state index in [4.69, 9.17) is 28.9 Å². The summed E-state index contributed by atoms with van der Waals surface area (Å²) < 4.78 is 68.9. The molecule has 7 aliphatic heterocycles. The van der Waals surface area contributed by atoms with E-state index in [0.717, 1.165) is 80.8 Å². The van der Waals surface area contributed by atoms with Crippen LogP contribution in [-0.2, 0) is 23.7 Å². The molecule has 6 unspecified atom stereocenters. The second kappa shape index (κ2) is 23.3. The van der Waals surface area contributed by atoms with E-state index in [2.05, 4.69) is 37.6 Å². The number of fused-ring (bicyclic) bond motifs is 5. The fourth-order valence-corrected chi connectivity index (χ4v) is 15.2. The van der Waals surface area contributed by atoms with Crippen LogP contribution in [0.3, 0.4) is 0 Å². The van der Waals surface area contributed by atoms with Gasteiger partial charge in [-0.1, -0.05) is 38.8 Å². The van der Waals surface area contributed by atoms with Gasteiger partial charge in [-0.05, 0) is 113 Å². The summed E-state index contributed by atoms with van der Waals surface area (Å²) in [5.41, 5.74) is 1.26. The largest absolute Gasteiger partial charge is 0.377 e. The molecule has 1 amide bonds. The van der Waals surface area contributed by atoms with Gasteiger partial charge in [-0.15, -0.1) is 11.8 Å². The zero-order valence-corrected chi connectivity index (χ0v) is 44.6. The molecule has 8 N–H and O–H groups in total. The zero-order chi connectivity index (χ0) is 52.1. The second-order valence-corrected chi connectivity index (χ2v) is 24.6. The van der Waals surface area contributed by atoms with E-state index in [1.54, 1.807) is 6.08 Å². The molecule has 21 heteroatoms. The van der Waals surface area contributed by atoms with Gasteiger partial charge < -0.3 is 49.8 Å². The van der Waals surface area contributed by atoms with Gasteiger partial charge in [-0.3, -0.25) is 35.6 Å². The van der Waals surface area contributed by atoms with Crippen molar-refractivity contribution in [2.45, 2.75) is 208 Å². The Morgan fingerprint density at radius 3 is 2.39 bits per heavy atom. The lowest BCUT2D eigenvalue weighted by molar-refractivity contribution is -0.176. The molecule has 5 fully saturated rings. The third-order valence-corrected chi connectivity index (χ3v) is 19.2. The number of nitrogens with zero attached hydrogens (tertiary/aromatic N) is 4. The number of halogens is 3. The minimum Gasteiger partial charge on any atom is -0.377 e. The zero-order valence-electron chi connectivity index (χ0n) is 43.8. The highest BCUT2D eigenvalue weighted by Crippen LogP contribution is 2.54. The van der Waals surface area contributed by atoms with Gasteiger partial charge in [0.2, 0.25) is 18.7 Å². The Morgan fingerprint density at radius 1 is 0.932 bits per heavy atom. The first-order valence-corrected chi connectivity index (χ1v) is 28.5. The van der Waals surface area contributed by atoms with Crippen LogP contribution in [0.1, 0.15) is 105 Å². The van der Waals surface area contributed by atoms with E-state index >= 15 is 4.39 Å². The molecule has 0 aromatic heterocycles. The Morgan fingerprint density at radius 2 is 1.69 bits per heavy atom. The van der Waals surface area contributed by atoms with Crippen molar-refractivity contribution in [2.24, 2.45) is 45.5 Å². The number of nitrogens with one attached hydrogen (secondary N) is 5. The van der Waals surface area contributed by atoms with Gasteiger partial charge in [0.15, 0.2) is 0 Å². The van der Waals surface area contributed by atoms with Crippen LogP contribution in [0.2, 0.25) is 0 Å². The maximum Gasteiger partial charge on any atom is 0.250 e. The Bertz CT molecular complexity index is 2150. The molecule has 0 bridgehead atoms. The molecule has 1 saturated carbocycles. The molecule has 7 heterocycles. The summed E-state index contributed by atoms with van der Waals surface area (Å²) in [7, 11) is 2.80. The number of aliphatic hydroxyl groups excluding tert-OH is 3. The summed E-state index contributed by atoms with van der Waals surface area (Å²) >= 11 is 1.21. The van der Waals surface area contributed by atoms with Crippen LogP contribution < -0.4 is 26.6 Å². The van der Waals surface area contributed by atoms with Crippen molar-refractivity contribution in [3.05, 3.63) is 34.5 Å². The fourth-order valence-electron chi connectivity index (χ4n) is 14.1. The maximum absolute atomic E-state index is 17.2. The number of carbonyl (C=O) groups excluding carboxylic acids is 1. The Labute approximate surface area is 438 Å². The lowest BCUT2D eigenvalue weighted by atomic mass is 9.75. The molecular formula is C53H82F3N9O8S. The molecule has 3 aliphatic carbocycles. The molecule has 0 spiro atoms. The van der Waals surface area contributed by atoms with Gasteiger partial charge in [-0.2, -0.15) is 0 Å². The van der Waals surface area contributed by atoms with Crippen LogP contribution in [0.5, 0.6) is 0 Å². The molecule has 0 radical (unpaired) electrons. The minimum absolute atomic E-state index is 0.0141. The van der Waals surface area contributed by atoms with Gasteiger partial charge in [0.25, 0.3) is 6.43 Å². The van der Waals surface area contributed by atoms with Gasteiger partial charge in [0.1, 0.15) is 30.0 Å². The highest BCUT2D eigenvalue weighted by Gasteiger charge is 2.58. The molecule has 414 valence electrons. The normalized spacial score (nSPS) is 38.7. The molecule has 4 saturated heterocycles. The third kappa shape index (κ3) is 11.7. The van der Waals surface area contributed by atoms with Crippen molar-refractivity contribution >= 4 is 29.3 Å². The monoisotopic (exact) mass is 1060 g/mol. The average molecular weight is 1060 g/mol. The van der Waals surface area contributed by atoms with Crippen LogP contribution in [0.25, 0.3) is 0 Å². The Kier molecular flexibility index (Phi) is 17.3. The molecule has 74 heavy (non-hydrogen) atoms. The lowest BCUT2D eigenvalue weighted by Gasteiger charge is -2.51. The predicted octanol–water partition coefficient (Wildman–Crippen LogP) is 4.06. The van der Waals surface area contributed by atoms with Crippen molar-refractivity contribution < 1.29 is 52.2 Å². The number of thioether (sulfide) groups is 1. The summed E-state index contributed by atoms with van der Waals surface area (Å²) in [6.45, 7) is 9.46. The van der Waals surface area contributed by atoms with Gasteiger partial charge in [-0.25, -0.2) is 13.2 Å². The number of carbonyl (C=O) groups is 1. The van der Waals surface area contributed by atoms with Gasteiger partial charge in [0.05, 0.1) is 78.8 Å². The third-order valence-electron chi connectivity index (χ3n) is 17.9. The first-order chi connectivity index (χ1) is 35.6. The topological polar surface area (TPSA) is 206 Å². The predicted molar refractivity (Wildman–Crippen MR) is 275 cm³/mol. The van der Waals surface area contributed by atoms with Crippen LogP contribution in [0.15, 0.2) is 44.5 Å². The number of alkyl halides is 2. The lowest BCUT2D eigenvalue weighted by Crippen LogP contribution is -2.60. The molecular weight excluding hydrogens is 980 g/mol. The van der Waals surface area contributed by atoms with Crippen molar-refractivity contribution in [1.82, 2.24) is 36.4 Å². The summed E-state index contributed by atoms with van der Waals surface area (Å²) in [6, 6.07) is -2.03. The molecule has 0 aromatic carbocycles. The number of amidine groups is 2. The second-order valence-electron chi connectivity index (χ2n) is 23.3. The molecule has 0 aromatic rings. The number of methoxy groups -OCH3 is 2. The van der Waals surface area contributed by atoms with Crippen molar-refractivity contribution in [3.63, 3.8) is 0 Å².